The van der Waals surface area contributed by atoms with E-state index in [9.17, 15) is 4.79 Å². The van der Waals surface area contributed by atoms with Gasteiger partial charge in [0, 0.05) is 38.2 Å². The molecule has 1 aliphatic carbocycles. The molecule has 1 aromatic rings. The number of carbonyl (C=O) groups excluding carboxylic acids is 1. The molecular formula is C25H31N3O2. The molecule has 0 amide bonds. The topological polar surface area (TPSA) is 45.1 Å². The number of benzene rings is 1. The van der Waals surface area contributed by atoms with Crippen LogP contribution in [0.1, 0.15) is 43.7 Å². The second kappa shape index (κ2) is 9.90. The smallest absolute Gasteiger partial charge is 0.305 e. The molecule has 1 saturated heterocycles. The minimum Gasteiger partial charge on any atom is -0.466 e. The van der Waals surface area contributed by atoms with E-state index >= 15 is 0 Å². The van der Waals surface area contributed by atoms with E-state index in [1.807, 2.05) is 6.92 Å². The van der Waals surface area contributed by atoms with Gasteiger partial charge in [-0.05, 0) is 56.0 Å². The molecule has 5 heteroatoms. The van der Waals surface area contributed by atoms with Gasteiger partial charge in [-0.15, -0.1) is 0 Å². The Labute approximate surface area is 179 Å². The van der Waals surface area contributed by atoms with E-state index in [1.54, 1.807) is 0 Å². The lowest BCUT2D eigenvalue weighted by Crippen LogP contribution is -2.49. The molecule has 0 unspecified atom stereocenters. The van der Waals surface area contributed by atoms with Crippen LogP contribution in [0.5, 0.6) is 0 Å². The summed E-state index contributed by atoms with van der Waals surface area (Å²) in [5.41, 5.74) is 4.86. The molecule has 1 aromatic carbocycles. The summed E-state index contributed by atoms with van der Waals surface area (Å²) >= 11 is 0. The molecule has 0 aromatic heterocycles. The number of esters is 1. The number of hydrogen-bond acceptors (Lipinski definition) is 5. The second-order valence-corrected chi connectivity index (χ2v) is 7.97. The van der Waals surface area contributed by atoms with Gasteiger partial charge in [-0.1, -0.05) is 36.4 Å². The highest BCUT2D eigenvalue weighted by Gasteiger charge is 2.24. The summed E-state index contributed by atoms with van der Waals surface area (Å²) in [6.07, 6.45) is 12.1. The lowest BCUT2D eigenvalue weighted by molar-refractivity contribution is -0.143. The predicted molar refractivity (Wildman–Crippen MR) is 121 cm³/mol. The Morgan fingerprint density at radius 3 is 2.80 bits per heavy atom. The largest absolute Gasteiger partial charge is 0.466 e. The molecule has 158 valence electrons. The van der Waals surface area contributed by atoms with Crippen LogP contribution in [0.4, 0.5) is 0 Å². The summed E-state index contributed by atoms with van der Waals surface area (Å²) in [6.45, 7) is 7.37. The Bertz CT molecular complexity index is 889. The highest BCUT2D eigenvalue weighted by Crippen LogP contribution is 2.30. The maximum absolute atomic E-state index is 11.5. The predicted octanol–water partition coefficient (Wildman–Crippen LogP) is 4.03. The van der Waals surface area contributed by atoms with E-state index < -0.39 is 0 Å². The van der Waals surface area contributed by atoms with Gasteiger partial charge in [-0.2, -0.15) is 0 Å². The van der Waals surface area contributed by atoms with Gasteiger partial charge in [0.1, 0.15) is 5.84 Å². The molecular weight excluding hydrogens is 374 g/mol. The van der Waals surface area contributed by atoms with Gasteiger partial charge in [-0.3, -0.25) is 9.69 Å². The number of carbonyl (C=O) groups is 1. The quantitative estimate of drug-likeness (QED) is 0.530. The highest BCUT2D eigenvalue weighted by molar-refractivity contribution is 6.04. The lowest BCUT2D eigenvalue weighted by atomic mass is 10.00. The van der Waals surface area contributed by atoms with Crippen LogP contribution >= 0.6 is 0 Å². The Hall–Kier alpha value is -2.66. The van der Waals surface area contributed by atoms with E-state index in [1.165, 1.54) is 16.7 Å². The van der Waals surface area contributed by atoms with Crippen molar-refractivity contribution < 1.29 is 9.53 Å². The first-order valence-corrected chi connectivity index (χ1v) is 11.1. The van der Waals surface area contributed by atoms with Crippen molar-refractivity contribution in [1.82, 2.24) is 9.80 Å². The monoisotopic (exact) mass is 405 g/mol. The first kappa shape index (κ1) is 20.6. The van der Waals surface area contributed by atoms with Crippen LogP contribution in [0.15, 0.2) is 58.8 Å². The third kappa shape index (κ3) is 4.90. The molecule has 0 N–H and O–H groups in total. The molecule has 0 saturated carbocycles. The number of aliphatic imine (C=N–C) groups is 1. The van der Waals surface area contributed by atoms with Gasteiger partial charge < -0.3 is 9.64 Å². The Balaban J connectivity index is 1.37. The van der Waals surface area contributed by atoms with Crippen LogP contribution in [0.25, 0.3) is 6.08 Å². The molecule has 2 aliphatic heterocycles. The standard InChI is InChI=1S/C25H31N3O2/c1-2-30-24(29)13-7-8-14-27-15-17-28(18-16-27)25-22-11-5-3-9-20(22)19-21-10-4-6-12-23(21)26-25/h3-6,9,11-12,19H,2,7-8,10,13-18H2,1H3. The van der Waals surface area contributed by atoms with Crippen LogP contribution in [0.2, 0.25) is 0 Å². The average Bonchev–Trinajstić information content (AvgIpc) is 2.94. The SMILES string of the molecule is CCOC(=O)CCCCN1CCN(C2=NC3=CC=CCC3=Cc3ccccc32)CC1. The second-order valence-electron chi connectivity index (χ2n) is 7.97. The number of allylic oxidation sites excluding steroid dienone is 4. The highest BCUT2D eigenvalue weighted by atomic mass is 16.5. The van der Waals surface area contributed by atoms with Crippen molar-refractivity contribution in [3.05, 3.63) is 64.9 Å². The molecule has 0 radical (unpaired) electrons. The normalized spacial score (nSPS) is 18.6. The third-order valence-corrected chi connectivity index (χ3v) is 5.90. The fraction of sp³-hybridized carbons (Fsp3) is 0.440. The van der Waals surface area contributed by atoms with E-state index in [4.69, 9.17) is 9.73 Å². The summed E-state index contributed by atoms with van der Waals surface area (Å²) in [6, 6.07) is 8.60. The zero-order valence-electron chi connectivity index (χ0n) is 17.8. The Morgan fingerprint density at radius 1 is 1.13 bits per heavy atom. The summed E-state index contributed by atoms with van der Waals surface area (Å²) in [7, 11) is 0. The minimum absolute atomic E-state index is 0.0767. The van der Waals surface area contributed by atoms with Crippen molar-refractivity contribution in [2.75, 3.05) is 39.3 Å². The molecule has 4 rings (SSSR count). The average molecular weight is 406 g/mol. The van der Waals surface area contributed by atoms with Gasteiger partial charge >= 0.3 is 5.97 Å². The van der Waals surface area contributed by atoms with Crippen molar-refractivity contribution in [3.63, 3.8) is 0 Å². The number of amidine groups is 1. The fourth-order valence-corrected chi connectivity index (χ4v) is 4.26. The van der Waals surface area contributed by atoms with Gasteiger partial charge in [-0.25, -0.2) is 4.99 Å². The van der Waals surface area contributed by atoms with Gasteiger partial charge in [0.05, 0.1) is 12.3 Å². The van der Waals surface area contributed by atoms with Gasteiger partial charge in [0.15, 0.2) is 0 Å². The summed E-state index contributed by atoms with van der Waals surface area (Å²) in [4.78, 5) is 21.5. The van der Waals surface area contributed by atoms with Crippen molar-refractivity contribution in [3.8, 4) is 0 Å². The van der Waals surface area contributed by atoms with E-state index in [2.05, 4.69) is 58.4 Å². The number of rotatable bonds is 6. The molecule has 1 fully saturated rings. The molecule has 5 nitrogen and oxygen atoms in total. The third-order valence-electron chi connectivity index (χ3n) is 5.90. The number of fused-ring (bicyclic) bond motifs is 2. The van der Waals surface area contributed by atoms with Gasteiger partial charge in [0.2, 0.25) is 0 Å². The van der Waals surface area contributed by atoms with Crippen LogP contribution in [0, 0.1) is 0 Å². The fourth-order valence-electron chi connectivity index (χ4n) is 4.26. The number of ether oxygens (including phenoxy) is 1. The summed E-state index contributed by atoms with van der Waals surface area (Å²) in [5.74, 6) is 1.02. The molecule has 0 spiro atoms. The first-order chi connectivity index (χ1) is 14.7. The molecule has 30 heavy (non-hydrogen) atoms. The number of nitrogens with zero attached hydrogens (tertiary/aromatic N) is 3. The lowest BCUT2D eigenvalue weighted by Gasteiger charge is -2.36. The van der Waals surface area contributed by atoms with E-state index in [0.717, 1.165) is 63.5 Å². The minimum atomic E-state index is -0.0767. The van der Waals surface area contributed by atoms with Crippen molar-refractivity contribution in [1.29, 1.82) is 0 Å². The number of unbranched alkanes of at least 4 members (excludes halogenated alkanes) is 1. The summed E-state index contributed by atoms with van der Waals surface area (Å²) < 4.78 is 5.01. The van der Waals surface area contributed by atoms with Gasteiger partial charge in [0.25, 0.3) is 0 Å². The van der Waals surface area contributed by atoms with Crippen molar-refractivity contribution >= 4 is 17.9 Å². The zero-order chi connectivity index (χ0) is 20.8. The first-order valence-electron chi connectivity index (χ1n) is 11.1. The van der Waals surface area contributed by atoms with Crippen molar-refractivity contribution in [2.24, 2.45) is 4.99 Å². The Kier molecular flexibility index (Phi) is 6.80. The maximum atomic E-state index is 11.5. The molecule has 0 bridgehead atoms. The van der Waals surface area contributed by atoms with Crippen molar-refractivity contribution in [2.45, 2.75) is 32.6 Å². The summed E-state index contributed by atoms with van der Waals surface area (Å²) in [5, 5.41) is 0. The van der Waals surface area contributed by atoms with Crippen LogP contribution in [-0.2, 0) is 9.53 Å². The maximum Gasteiger partial charge on any atom is 0.305 e. The molecule has 2 heterocycles. The van der Waals surface area contributed by atoms with Crippen LogP contribution in [-0.4, -0.2) is 60.9 Å². The molecule has 0 atom stereocenters. The van der Waals surface area contributed by atoms with Crippen LogP contribution in [0.3, 0.4) is 0 Å². The van der Waals surface area contributed by atoms with E-state index in [-0.39, 0.29) is 5.97 Å². The number of piperazine rings is 1. The Morgan fingerprint density at radius 2 is 1.97 bits per heavy atom. The van der Waals surface area contributed by atoms with Crippen LogP contribution < -0.4 is 0 Å². The van der Waals surface area contributed by atoms with E-state index in [0.29, 0.717) is 13.0 Å². The number of hydrogen-bond donors (Lipinski definition) is 0. The zero-order valence-corrected chi connectivity index (χ0v) is 17.8. The molecule has 3 aliphatic rings.